The molecule has 0 aliphatic carbocycles. The van der Waals surface area contributed by atoms with E-state index >= 15 is 0 Å². The van der Waals surface area contributed by atoms with Gasteiger partial charge in [-0.1, -0.05) is 13.8 Å². The zero-order valence-electron chi connectivity index (χ0n) is 16.3. The smallest absolute Gasteiger partial charge is 0.326 e. The van der Waals surface area contributed by atoms with Crippen molar-refractivity contribution in [2.75, 3.05) is 13.2 Å². The summed E-state index contributed by atoms with van der Waals surface area (Å²) in [6.07, 6.45) is 3.10. The fourth-order valence-electron chi connectivity index (χ4n) is 2.51. The maximum Gasteiger partial charge on any atom is 0.326 e. The number of amides is 3. The second-order valence-electron chi connectivity index (χ2n) is 6.88. The Bertz CT molecular complexity index is 693. The molecule has 0 aliphatic heterocycles. The summed E-state index contributed by atoms with van der Waals surface area (Å²) in [5.74, 6) is -3.39. The van der Waals surface area contributed by atoms with Crippen LogP contribution in [0.4, 0.5) is 0 Å². The van der Waals surface area contributed by atoms with Crippen molar-refractivity contribution in [2.45, 2.75) is 44.8 Å². The van der Waals surface area contributed by atoms with Gasteiger partial charge in [-0.2, -0.15) is 0 Å². The van der Waals surface area contributed by atoms with Crippen LogP contribution in [0.3, 0.4) is 0 Å². The van der Waals surface area contributed by atoms with Gasteiger partial charge < -0.3 is 36.9 Å². The minimum Gasteiger partial charge on any atom is -0.480 e. The summed E-state index contributed by atoms with van der Waals surface area (Å²) in [6.45, 7) is 2.50. The SMILES string of the molecule is CC(C)CC(NC(=O)C(CO)NC(=O)C(Cc1cnc[nH]1)NC(=O)CN)C(=O)O. The van der Waals surface area contributed by atoms with Crippen LogP contribution in [0.1, 0.15) is 26.0 Å². The molecule has 3 atom stereocenters. The van der Waals surface area contributed by atoms with E-state index in [0.717, 1.165) is 0 Å². The second-order valence-corrected chi connectivity index (χ2v) is 6.88. The Labute approximate surface area is 167 Å². The summed E-state index contributed by atoms with van der Waals surface area (Å²) in [5.41, 5.74) is 5.82. The standard InChI is InChI=1S/C17H28N6O6/c1-9(2)3-12(17(28)29)22-16(27)13(7-24)23-15(26)11(21-14(25)5-18)4-10-6-19-8-20-10/h6,8-9,11-13,24H,3-5,7,18H2,1-2H3,(H,19,20)(H,21,25)(H,22,27)(H,23,26)(H,28,29). The van der Waals surface area contributed by atoms with Crippen LogP contribution in [-0.4, -0.2) is 75.1 Å². The number of carbonyl (C=O) groups is 4. The normalized spacial score (nSPS) is 14.0. The Kier molecular flexibility index (Phi) is 9.75. The number of aromatic nitrogens is 2. The van der Waals surface area contributed by atoms with E-state index in [1.807, 2.05) is 0 Å². The van der Waals surface area contributed by atoms with Crippen LogP contribution in [0, 0.1) is 5.92 Å². The van der Waals surface area contributed by atoms with E-state index in [9.17, 15) is 29.4 Å². The highest BCUT2D eigenvalue weighted by Crippen LogP contribution is 2.06. The molecule has 3 unspecified atom stereocenters. The van der Waals surface area contributed by atoms with E-state index in [4.69, 9.17) is 5.73 Å². The Hall–Kier alpha value is -2.99. The zero-order valence-corrected chi connectivity index (χ0v) is 16.3. The predicted octanol–water partition coefficient (Wildman–Crippen LogP) is -2.51. The first-order valence-corrected chi connectivity index (χ1v) is 9.09. The molecule has 12 heteroatoms. The summed E-state index contributed by atoms with van der Waals surface area (Å²) < 4.78 is 0. The Morgan fingerprint density at radius 2 is 1.72 bits per heavy atom. The first-order chi connectivity index (χ1) is 13.7. The van der Waals surface area contributed by atoms with Gasteiger partial charge in [0, 0.05) is 18.3 Å². The van der Waals surface area contributed by atoms with Gasteiger partial charge in [-0.15, -0.1) is 0 Å². The first kappa shape index (κ1) is 24.0. The molecule has 29 heavy (non-hydrogen) atoms. The number of aliphatic hydroxyl groups is 1. The summed E-state index contributed by atoms with van der Waals surface area (Å²) in [4.78, 5) is 54.5. The molecule has 162 valence electrons. The highest BCUT2D eigenvalue weighted by Gasteiger charge is 2.29. The van der Waals surface area contributed by atoms with Crippen molar-refractivity contribution >= 4 is 23.7 Å². The molecule has 0 saturated heterocycles. The third kappa shape index (κ3) is 8.27. The average Bonchev–Trinajstić information content (AvgIpc) is 3.17. The summed E-state index contributed by atoms with van der Waals surface area (Å²) in [5, 5.41) is 25.8. The molecular formula is C17H28N6O6. The lowest BCUT2D eigenvalue weighted by Gasteiger charge is -2.23. The minimum atomic E-state index is -1.39. The Morgan fingerprint density at radius 1 is 1.10 bits per heavy atom. The molecule has 0 fully saturated rings. The van der Waals surface area contributed by atoms with Gasteiger partial charge >= 0.3 is 5.97 Å². The largest absolute Gasteiger partial charge is 0.480 e. The molecular weight excluding hydrogens is 384 g/mol. The van der Waals surface area contributed by atoms with Gasteiger partial charge in [-0.3, -0.25) is 14.4 Å². The number of carboxylic acid groups (broad SMARTS) is 1. The number of aromatic amines is 1. The Morgan fingerprint density at radius 3 is 2.21 bits per heavy atom. The van der Waals surface area contributed by atoms with E-state index < -0.39 is 48.4 Å². The van der Waals surface area contributed by atoms with Crippen molar-refractivity contribution in [1.29, 1.82) is 0 Å². The Balaban J connectivity index is 2.83. The number of hydrogen-bond donors (Lipinski definition) is 7. The van der Waals surface area contributed by atoms with Crippen LogP contribution in [0.2, 0.25) is 0 Å². The fourth-order valence-corrected chi connectivity index (χ4v) is 2.51. The number of imidazole rings is 1. The predicted molar refractivity (Wildman–Crippen MR) is 101 cm³/mol. The molecule has 0 bridgehead atoms. The molecule has 12 nitrogen and oxygen atoms in total. The van der Waals surface area contributed by atoms with Gasteiger partial charge in [-0.05, 0) is 12.3 Å². The molecule has 1 heterocycles. The van der Waals surface area contributed by atoms with Crippen LogP contribution in [0.15, 0.2) is 12.5 Å². The molecule has 0 aliphatic rings. The molecule has 0 saturated carbocycles. The molecule has 0 aromatic carbocycles. The maximum atomic E-state index is 12.6. The van der Waals surface area contributed by atoms with Crippen LogP contribution in [0.5, 0.6) is 0 Å². The number of aliphatic carboxylic acids is 1. The van der Waals surface area contributed by atoms with Crippen molar-refractivity contribution in [3.63, 3.8) is 0 Å². The topological polar surface area (TPSA) is 200 Å². The van der Waals surface area contributed by atoms with Crippen molar-refractivity contribution in [1.82, 2.24) is 25.9 Å². The molecule has 0 spiro atoms. The molecule has 1 aromatic heterocycles. The molecule has 1 aromatic rings. The highest BCUT2D eigenvalue weighted by molar-refractivity contribution is 5.93. The van der Waals surface area contributed by atoms with Gasteiger partial charge in [0.15, 0.2) is 0 Å². The number of carboxylic acids is 1. The van der Waals surface area contributed by atoms with Gasteiger partial charge in [0.1, 0.15) is 18.1 Å². The van der Waals surface area contributed by atoms with Gasteiger partial charge in [0.2, 0.25) is 17.7 Å². The zero-order chi connectivity index (χ0) is 22.0. The number of aliphatic hydroxyl groups excluding tert-OH is 1. The lowest BCUT2D eigenvalue weighted by Crippen LogP contribution is -2.57. The fraction of sp³-hybridized carbons (Fsp3) is 0.588. The van der Waals surface area contributed by atoms with E-state index in [1.165, 1.54) is 12.5 Å². The highest BCUT2D eigenvalue weighted by atomic mass is 16.4. The van der Waals surface area contributed by atoms with Gasteiger partial charge in [0.05, 0.1) is 19.5 Å². The van der Waals surface area contributed by atoms with Gasteiger partial charge in [-0.25, -0.2) is 9.78 Å². The van der Waals surface area contributed by atoms with Crippen molar-refractivity contribution in [3.05, 3.63) is 18.2 Å². The maximum absolute atomic E-state index is 12.6. The first-order valence-electron chi connectivity index (χ1n) is 9.09. The number of carbonyl (C=O) groups excluding carboxylic acids is 3. The second kappa shape index (κ2) is 11.8. The van der Waals surface area contributed by atoms with Crippen LogP contribution in [-0.2, 0) is 25.6 Å². The number of nitrogens with two attached hydrogens (primary N) is 1. The quantitative estimate of drug-likeness (QED) is 0.195. The van der Waals surface area contributed by atoms with Crippen LogP contribution >= 0.6 is 0 Å². The molecule has 8 N–H and O–H groups in total. The van der Waals surface area contributed by atoms with Crippen LogP contribution in [0.25, 0.3) is 0 Å². The van der Waals surface area contributed by atoms with E-state index in [1.54, 1.807) is 13.8 Å². The lowest BCUT2D eigenvalue weighted by atomic mass is 10.0. The summed E-state index contributed by atoms with van der Waals surface area (Å²) in [6, 6.07) is -3.64. The summed E-state index contributed by atoms with van der Waals surface area (Å²) in [7, 11) is 0. The number of nitrogens with one attached hydrogen (secondary N) is 4. The molecule has 0 radical (unpaired) electrons. The van der Waals surface area contributed by atoms with Gasteiger partial charge in [0.25, 0.3) is 0 Å². The third-order valence-corrected chi connectivity index (χ3v) is 3.95. The number of rotatable bonds is 12. The number of nitrogens with zero attached hydrogens (tertiary/aromatic N) is 1. The summed E-state index contributed by atoms with van der Waals surface area (Å²) >= 11 is 0. The number of H-pyrrole nitrogens is 1. The van der Waals surface area contributed by atoms with Crippen molar-refractivity contribution in [3.8, 4) is 0 Å². The molecule has 1 rings (SSSR count). The van der Waals surface area contributed by atoms with E-state index in [-0.39, 0.29) is 25.3 Å². The van der Waals surface area contributed by atoms with E-state index in [2.05, 4.69) is 25.9 Å². The average molecular weight is 412 g/mol. The molecule has 3 amide bonds. The monoisotopic (exact) mass is 412 g/mol. The van der Waals surface area contributed by atoms with Crippen molar-refractivity contribution in [2.24, 2.45) is 11.7 Å². The number of hydrogen-bond acceptors (Lipinski definition) is 7. The van der Waals surface area contributed by atoms with Crippen LogP contribution < -0.4 is 21.7 Å². The lowest BCUT2D eigenvalue weighted by molar-refractivity contribution is -0.143. The minimum absolute atomic E-state index is 0.00355. The third-order valence-electron chi connectivity index (χ3n) is 3.95. The van der Waals surface area contributed by atoms with Crippen molar-refractivity contribution < 1.29 is 29.4 Å². The van der Waals surface area contributed by atoms with E-state index in [0.29, 0.717) is 5.69 Å².